The molecule has 0 amide bonds. The van der Waals surface area contributed by atoms with Crippen LogP contribution in [-0.4, -0.2) is 96.7 Å². The summed E-state index contributed by atoms with van der Waals surface area (Å²) in [6.07, 6.45) is 82.9. The van der Waals surface area contributed by atoms with Gasteiger partial charge in [-0.1, -0.05) is 264 Å². The van der Waals surface area contributed by atoms with Crippen LogP contribution in [0.3, 0.4) is 0 Å². The average molecular weight is 1470 g/mol. The quantitative estimate of drug-likeness (QED) is 0.0169. The number of esters is 4. The SMILES string of the molecule is CC/C=C\C/C=C\C/C=C\C/C=C\C/C=C\CCCCCC(=O)OCC(COP(=O)(O)OCC(O)COP(=O)(O)OCC(COC(=O)CCCCCCC/C=C\C/C=C\CCCCC)OC(=O)CCCCCCC/C=C\CCCC)OC(=O)CCCCCCCCC/C=C\C/C=C\C/C=C\CC. The summed E-state index contributed by atoms with van der Waals surface area (Å²) in [5, 5.41) is 10.6. The van der Waals surface area contributed by atoms with E-state index in [1.807, 2.05) is 0 Å². The molecule has 0 fully saturated rings. The Kier molecular flexibility index (Phi) is 71.0. The minimum atomic E-state index is -4.99. The minimum Gasteiger partial charge on any atom is -0.462 e. The highest BCUT2D eigenvalue weighted by molar-refractivity contribution is 7.47. The standard InChI is InChI=1S/C83H140O17P2/c1-5-9-13-17-21-25-29-32-35-37-38-40-42-45-49-52-56-60-64-68-81(86)94-74-79(100-83(88)70-66-62-58-54-50-46-43-39-36-33-30-26-22-18-14-10-6-2)76-98-102(91,92)96-72-77(84)71-95-101(89,90)97-75-78(99-82(87)69-65-61-57-53-47-28-24-20-16-12-8-4)73-93-80(85)67-63-59-55-51-48-44-41-34-31-27-23-19-15-11-7-3/h9-10,13-14,20-27,32-36,38,40-41,45,49,77-79,84H,5-8,11-12,15-19,28-31,37,39,42-44,46-48,50-76H2,1-4H3,(H,89,90)(H,91,92)/b13-9-,14-10-,24-20-,25-21-,26-22-,27-23-,35-32-,36-33-,40-38-,41-34-,49-45-. The molecule has 0 saturated carbocycles. The monoisotopic (exact) mass is 1470 g/mol. The van der Waals surface area contributed by atoms with Gasteiger partial charge < -0.3 is 33.8 Å². The van der Waals surface area contributed by atoms with E-state index < -0.39 is 97.5 Å². The Morgan fingerprint density at radius 2 is 0.520 bits per heavy atom. The molecule has 0 saturated heterocycles. The summed E-state index contributed by atoms with van der Waals surface area (Å²) in [4.78, 5) is 72.9. The first-order valence-electron chi connectivity index (χ1n) is 39.4. The van der Waals surface area contributed by atoms with Crippen molar-refractivity contribution in [3.05, 3.63) is 134 Å². The Morgan fingerprint density at radius 3 is 0.833 bits per heavy atom. The lowest BCUT2D eigenvalue weighted by molar-refractivity contribution is -0.161. The summed E-state index contributed by atoms with van der Waals surface area (Å²) in [7, 11) is -9.97. The van der Waals surface area contributed by atoms with Crippen LogP contribution in [0.4, 0.5) is 0 Å². The second-order valence-electron chi connectivity index (χ2n) is 25.9. The van der Waals surface area contributed by atoms with Crippen LogP contribution in [0, 0.1) is 0 Å². The van der Waals surface area contributed by atoms with Crippen LogP contribution in [-0.2, 0) is 65.4 Å². The smallest absolute Gasteiger partial charge is 0.462 e. The number of unbranched alkanes of at least 4 members (excludes halogenated alkanes) is 25. The molecule has 17 nitrogen and oxygen atoms in total. The number of phosphoric acid groups is 2. The average Bonchev–Trinajstić information content (AvgIpc) is 0.921. The van der Waals surface area contributed by atoms with Gasteiger partial charge in [-0.3, -0.25) is 37.3 Å². The Bertz CT molecular complexity index is 2460. The molecule has 0 aliphatic rings. The van der Waals surface area contributed by atoms with Crippen molar-refractivity contribution in [3.63, 3.8) is 0 Å². The molecule has 0 aromatic rings. The zero-order valence-corrected chi connectivity index (χ0v) is 65.5. The number of aliphatic hydroxyl groups excluding tert-OH is 1. The molecule has 0 aromatic heterocycles. The van der Waals surface area contributed by atoms with Crippen molar-refractivity contribution in [1.29, 1.82) is 0 Å². The normalized spacial score (nSPS) is 14.6. The summed E-state index contributed by atoms with van der Waals surface area (Å²) in [6.45, 7) is 4.52. The van der Waals surface area contributed by atoms with E-state index in [1.165, 1.54) is 32.1 Å². The Hall–Kier alpha value is -4.80. The van der Waals surface area contributed by atoms with E-state index in [4.69, 9.17) is 37.0 Å². The summed E-state index contributed by atoms with van der Waals surface area (Å²) in [6, 6.07) is 0. The van der Waals surface area contributed by atoms with Gasteiger partial charge in [0.15, 0.2) is 12.2 Å². The van der Waals surface area contributed by atoms with Crippen LogP contribution in [0.2, 0.25) is 0 Å². The van der Waals surface area contributed by atoms with E-state index in [0.717, 1.165) is 199 Å². The van der Waals surface area contributed by atoms with Crippen LogP contribution in [0.25, 0.3) is 0 Å². The molecule has 0 aliphatic heterocycles. The van der Waals surface area contributed by atoms with Crippen molar-refractivity contribution in [1.82, 2.24) is 0 Å². The van der Waals surface area contributed by atoms with E-state index >= 15 is 0 Å². The van der Waals surface area contributed by atoms with Gasteiger partial charge in [-0.25, -0.2) is 9.13 Å². The molecule has 0 radical (unpaired) electrons. The molecule has 19 heteroatoms. The number of aliphatic hydroxyl groups is 1. The molecule has 3 N–H and O–H groups in total. The topological polar surface area (TPSA) is 237 Å². The lowest BCUT2D eigenvalue weighted by Gasteiger charge is -2.21. The van der Waals surface area contributed by atoms with E-state index in [1.54, 1.807) is 0 Å². The molecule has 5 unspecified atom stereocenters. The van der Waals surface area contributed by atoms with Gasteiger partial charge in [-0.05, 0) is 154 Å². The predicted octanol–water partition coefficient (Wildman–Crippen LogP) is 22.9. The minimum absolute atomic E-state index is 0.0723. The number of hydrogen-bond donors (Lipinski definition) is 3. The van der Waals surface area contributed by atoms with E-state index in [0.29, 0.717) is 25.7 Å². The van der Waals surface area contributed by atoms with E-state index in [-0.39, 0.29) is 25.7 Å². The maximum Gasteiger partial charge on any atom is 0.472 e. The summed E-state index contributed by atoms with van der Waals surface area (Å²) >= 11 is 0. The second-order valence-corrected chi connectivity index (χ2v) is 28.8. The number of rotatable bonds is 73. The predicted molar refractivity (Wildman–Crippen MR) is 418 cm³/mol. The third-order valence-electron chi connectivity index (χ3n) is 16.1. The fourth-order valence-electron chi connectivity index (χ4n) is 10.1. The summed E-state index contributed by atoms with van der Waals surface area (Å²) in [5.41, 5.74) is 0. The molecule has 0 spiro atoms. The summed E-state index contributed by atoms with van der Waals surface area (Å²) in [5.74, 6) is -2.25. The molecule has 0 heterocycles. The first-order chi connectivity index (χ1) is 49.7. The van der Waals surface area contributed by atoms with E-state index in [2.05, 4.69) is 161 Å². The first-order valence-corrected chi connectivity index (χ1v) is 42.4. The van der Waals surface area contributed by atoms with Gasteiger partial charge in [-0.2, -0.15) is 0 Å². The highest BCUT2D eigenvalue weighted by atomic mass is 31.2. The zero-order valence-electron chi connectivity index (χ0n) is 63.7. The van der Waals surface area contributed by atoms with Gasteiger partial charge in [0.05, 0.1) is 26.4 Å². The maximum atomic E-state index is 13.1. The van der Waals surface area contributed by atoms with Crippen LogP contribution < -0.4 is 0 Å². The molecule has 0 aromatic carbocycles. The van der Waals surface area contributed by atoms with Crippen molar-refractivity contribution < 1.29 is 80.2 Å². The van der Waals surface area contributed by atoms with Crippen molar-refractivity contribution in [2.24, 2.45) is 0 Å². The number of carbonyl (C=O) groups is 4. The fraction of sp³-hybridized carbons (Fsp3) is 0.687. The van der Waals surface area contributed by atoms with Gasteiger partial charge in [0.2, 0.25) is 0 Å². The lowest BCUT2D eigenvalue weighted by atomic mass is 10.1. The van der Waals surface area contributed by atoms with Crippen LogP contribution in [0.1, 0.15) is 310 Å². The molecule has 584 valence electrons. The highest BCUT2D eigenvalue weighted by Crippen LogP contribution is 2.45. The molecule has 0 aliphatic carbocycles. The van der Waals surface area contributed by atoms with Gasteiger partial charge in [0, 0.05) is 25.7 Å². The zero-order chi connectivity index (χ0) is 74.6. The van der Waals surface area contributed by atoms with E-state index in [9.17, 15) is 43.2 Å². The largest absolute Gasteiger partial charge is 0.472 e. The molecular formula is C83H140O17P2. The number of ether oxygens (including phenoxy) is 4. The molecular weight excluding hydrogens is 1330 g/mol. The number of allylic oxidation sites excluding steroid dienone is 22. The fourth-order valence-corrected chi connectivity index (χ4v) is 11.7. The molecule has 5 atom stereocenters. The molecule has 0 bridgehead atoms. The summed E-state index contributed by atoms with van der Waals surface area (Å²) < 4.78 is 68.5. The number of phosphoric ester groups is 2. The van der Waals surface area contributed by atoms with Gasteiger partial charge >= 0.3 is 39.5 Å². The van der Waals surface area contributed by atoms with Crippen LogP contribution in [0.15, 0.2) is 134 Å². The molecule has 0 rings (SSSR count). The van der Waals surface area contributed by atoms with Crippen molar-refractivity contribution in [3.8, 4) is 0 Å². The van der Waals surface area contributed by atoms with Crippen molar-refractivity contribution in [2.75, 3.05) is 39.6 Å². The maximum absolute atomic E-state index is 13.1. The second kappa shape index (κ2) is 74.5. The Balaban J connectivity index is 5.39. The van der Waals surface area contributed by atoms with Crippen LogP contribution >= 0.6 is 15.6 Å². The van der Waals surface area contributed by atoms with Gasteiger partial charge in [0.1, 0.15) is 19.3 Å². The Morgan fingerprint density at radius 1 is 0.284 bits per heavy atom. The van der Waals surface area contributed by atoms with Crippen molar-refractivity contribution in [2.45, 2.75) is 329 Å². The van der Waals surface area contributed by atoms with Crippen molar-refractivity contribution >= 4 is 39.5 Å². The third kappa shape index (κ3) is 73.5. The van der Waals surface area contributed by atoms with Gasteiger partial charge in [0.25, 0.3) is 0 Å². The number of hydrogen-bond acceptors (Lipinski definition) is 15. The third-order valence-corrected chi connectivity index (χ3v) is 18.0. The first kappa shape index (κ1) is 97.2. The Labute approximate surface area is 618 Å². The lowest BCUT2D eigenvalue weighted by Crippen LogP contribution is -2.30. The highest BCUT2D eigenvalue weighted by Gasteiger charge is 2.30. The molecule has 102 heavy (non-hydrogen) atoms. The number of carbonyl (C=O) groups excluding carboxylic acids is 4. The van der Waals surface area contributed by atoms with Gasteiger partial charge in [-0.15, -0.1) is 0 Å². The van der Waals surface area contributed by atoms with Crippen LogP contribution in [0.5, 0.6) is 0 Å².